The summed E-state index contributed by atoms with van der Waals surface area (Å²) in [4.78, 5) is 13.0. The van der Waals surface area contributed by atoms with Crippen LogP contribution in [-0.4, -0.2) is 39.7 Å². The number of anilines is 1. The summed E-state index contributed by atoms with van der Waals surface area (Å²) in [6.07, 6.45) is 4.55. The number of pyridine rings is 1. The number of fused-ring (bicyclic) bond motifs is 1. The van der Waals surface area contributed by atoms with Crippen molar-refractivity contribution in [2.45, 2.75) is 40.7 Å². The number of rotatable bonds is 7. The second-order valence-electron chi connectivity index (χ2n) is 7.92. The molecule has 0 saturated heterocycles. The molecule has 31 heavy (non-hydrogen) atoms. The highest BCUT2D eigenvalue weighted by Crippen LogP contribution is 2.29. The van der Waals surface area contributed by atoms with E-state index < -0.39 is 0 Å². The average Bonchev–Trinajstić information content (AvgIpc) is 3.04. The lowest BCUT2D eigenvalue weighted by Gasteiger charge is -2.13. The van der Waals surface area contributed by atoms with E-state index in [1.807, 2.05) is 30.8 Å². The van der Waals surface area contributed by atoms with Crippen LogP contribution < -0.4 is 15.8 Å². The lowest BCUT2D eigenvalue weighted by atomic mass is 10.1. The van der Waals surface area contributed by atoms with Gasteiger partial charge in [0.25, 0.3) is 0 Å². The van der Waals surface area contributed by atoms with Crippen LogP contribution in [-0.2, 0) is 6.54 Å². The van der Waals surface area contributed by atoms with E-state index in [0.29, 0.717) is 28.6 Å². The molecule has 0 aliphatic carbocycles. The molecule has 3 aromatic heterocycles. The van der Waals surface area contributed by atoms with Crippen molar-refractivity contribution in [3.8, 4) is 17.6 Å². The normalized spacial score (nSPS) is 11.1. The summed E-state index contributed by atoms with van der Waals surface area (Å²) < 4.78 is 7.50. The number of nitrogen functional groups attached to an aromatic ring is 1. The number of aromatic nitrogens is 4. The van der Waals surface area contributed by atoms with E-state index in [4.69, 9.17) is 22.1 Å². The molecule has 3 heterocycles. The lowest BCUT2D eigenvalue weighted by molar-refractivity contribution is 0.405. The number of nitrogens with two attached hydrogens (primary N) is 1. The van der Waals surface area contributed by atoms with Gasteiger partial charge in [0.15, 0.2) is 0 Å². The van der Waals surface area contributed by atoms with Crippen LogP contribution >= 0.6 is 11.6 Å². The molecule has 0 radical (unpaired) electrons. The van der Waals surface area contributed by atoms with E-state index in [-0.39, 0.29) is 5.95 Å². The molecule has 0 spiro atoms. The van der Waals surface area contributed by atoms with Crippen LogP contribution in [0.15, 0.2) is 12.4 Å². The highest BCUT2D eigenvalue weighted by Gasteiger charge is 2.17. The second-order valence-corrected chi connectivity index (χ2v) is 8.28. The Hall–Kier alpha value is -2.82. The van der Waals surface area contributed by atoms with E-state index in [1.165, 1.54) is 0 Å². The Morgan fingerprint density at radius 2 is 2.06 bits per heavy atom. The maximum absolute atomic E-state index is 6.42. The molecule has 0 unspecified atom stereocenters. The van der Waals surface area contributed by atoms with E-state index in [0.717, 1.165) is 47.6 Å². The lowest BCUT2D eigenvalue weighted by Crippen LogP contribution is -2.20. The Labute approximate surface area is 188 Å². The van der Waals surface area contributed by atoms with E-state index in [9.17, 15) is 0 Å². The molecule has 0 amide bonds. The summed E-state index contributed by atoms with van der Waals surface area (Å²) in [6, 6.07) is 0. The van der Waals surface area contributed by atoms with Gasteiger partial charge in [-0.3, -0.25) is 4.98 Å². The van der Waals surface area contributed by atoms with Crippen LogP contribution in [0.5, 0.6) is 5.75 Å². The van der Waals surface area contributed by atoms with Gasteiger partial charge in [0.1, 0.15) is 16.5 Å². The summed E-state index contributed by atoms with van der Waals surface area (Å²) in [6.45, 7) is 10.7. The predicted molar refractivity (Wildman–Crippen MR) is 126 cm³/mol. The Morgan fingerprint density at radius 3 is 2.77 bits per heavy atom. The standard InChI is InChI=1S/C23H29ClN6O/c1-14(2)10-26-9-7-6-8-17-12-30(22-19(17)21(24)28-23(25)29-22)13-18-11-27-16(4)20(31-5)15(18)3/h11-12,14,26H,7,9-10,13H2,1-5H3,(H2,25,28,29). The van der Waals surface area contributed by atoms with Crippen LogP contribution in [0.4, 0.5) is 5.95 Å². The van der Waals surface area contributed by atoms with Gasteiger partial charge >= 0.3 is 0 Å². The number of nitrogens with one attached hydrogen (secondary N) is 1. The fraction of sp³-hybridized carbons (Fsp3) is 0.435. The zero-order valence-corrected chi connectivity index (χ0v) is 19.5. The molecule has 3 rings (SSSR count). The van der Waals surface area contributed by atoms with Gasteiger partial charge < -0.3 is 20.4 Å². The van der Waals surface area contributed by atoms with E-state index in [2.05, 4.69) is 46.0 Å². The largest absolute Gasteiger partial charge is 0.495 e. The molecule has 0 bridgehead atoms. The van der Waals surface area contributed by atoms with Crippen LogP contribution in [0.2, 0.25) is 5.15 Å². The SMILES string of the molecule is COc1c(C)ncc(Cn2cc(C#CCCNCC(C)C)c3c(Cl)nc(N)nc32)c1C. The maximum Gasteiger partial charge on any atom is 0.223 e. The number of hydrogen-bond acceptors (Lipinski definition) is 6. The molecule has 3 N–H and O–H groups in total. The third-order valence-corrected chi connectivity index (χ3v) is 5.28. The van der Waals surface area contributed by atoms with Crippen LogP contribution in [0.25, 0.3) is 11.0 Å². The smallest absolute Gasteiger partial charge is 0.223 e. The van der Waals surface area contributed by atoms with Gasteiger partial charge in [-0.15, -0.1) is 0 Å². The highest BCUT2D eigenvalue weighted by atomic mass is 35.5. The minimum atomic E-state index is 0.130. The monoisotopic (exact) mass is 440 g/mol. The molecule has 8 heteroatoms. The van der Waals surface area contributed by atoms with Gasteiger partial charge in [0.2, 0.25) is 5.95 Å². The molecule has 0 atom stereocenters. The molecular formula is C23H29ClN6O. The van der Waals surface area contributed by atoms with Crippen molar-refractivity contribution in [3.05, 3.63) is 39.9 Å². The topological polar surface area (TPSA) is 90.9 Å². The Bertz CT molecular complexity index is 1140. The average molecular weight is 441 g/mol. The van der Waals surface area contributed by atoms with Crippen molar-refractivity contribution in [1.82, 2.24) is 24.8 Å². The van der Waals surface area contributed by atoms with Crippen molar-refractivity contribution in [1.29, 1.82) is 0 Å². The van der Waals surface area contributed by atoms with Crippen molar-refractivity contribution in [2.24, 2.45) is 5.92 Å². The van der Waals surface area contributed by atoms with Crippen molar-refractivity contribution < 1.29 is 4.74 Å². The van der Waals surface area contributed by atoms with Crippen molar-refractivity contribution >= 4 is 28.6 Å². The quantitative estimate of drug-likeness (QED) is 0.330. The van der Waals surface area contributed by atoms with Gasteiger partial charge in [-0.05, 0) is 37.4 Å². The molecule has 0 aliphatic heterocycles. The second kappa shape index (κ2) is 9.99. The van der Waals surface area contributed by atoms with Crippen LogP contribution in [0.3, 0.4) is 0 Å². The molecule has 164 valence electrons. The Kier molecular flexibility index (Phi) is 7.37. The van der Waals surface area contributed by atoms with Gasteiger partial charge in [-0.25, -0.2) is 4.98 Å². The fourth-order valence-electron chi connectivity index (χ4n) is 3.46. The highest BCUT2D eigenvalue weighted by molar-refractivity contribution is 6.34. The summed E-state index contributed by atoms with van der Waals surface area (Å²) in [5.74, 6) is 7.99. The first-order valence-corrected chi connectivity index (χ1v) is 10.7. The zero-order valence-electron chi connectivity index (χ0n) is 18.7. The van der Waals surface area contributed by atoms with Gasteiger partial charge in [-0.2, -0.15) is 4.98 Å². The molecule has 0 aliphatic rings. The zero-order chi connectivity index (χ0) is 22.5. The number of hydrogen-bond donors (Lipinski definition) is 2. The Morgan fingerprint density at radius 1 is 1.29 bits per heavy atom. The third kappa shape index (κ3) is 5.27. The summed E-state index contributed by atoms with van der Waals surface area (Å²) >= 11 is 6.42. The maximum atomic E-state index is 6.42. The van der Waals surface area contributed by atoms with Gasteiger partial charge in [-0.1, -0.05) is 37.3 Å². The molecule has 0 aromatic carbocycles. The van der Waals surface area contributed by atoms with Gasteiger partial charge in [0, 0.05) is 25.4 Å². The molecule has 7 nitrogen and oxygen atoms in total. The number of ether oxygens (including phenoxy) is 1. The predicted octanol–water partition coefficient (Wildman–Crippen LogP) is 3.72. The van der Waals surface area contributed by atoms with Crippen molar-refractivity contribution in [3.63, 3.8) is 0 Å². The molecule has 3 aromatic rings. The van der Waals surface area contributed by atoms with Crippen LogP contribution in [0.1, 0.15) is 42.7 Å². The first kappa shape index (κ1) is 22.9. The summed E-state index contributed by atoms with van der Waals surface area (Å²) in [7, 11) is 1.66. The molecule has 0 fully saturated rings. The number of methoxy groups -OCH3 is 1. The molecular weight excluding hydrogens is 412 g/mol. The first-order valence-electron chi connectivity index (χ1n) is 10.3. The number of nitrogens with zero attached hydrogens (tertiary/aromatic N) is 4. The minimum absolute atomic E-state index is 0.130. The van der Waals surface area contributed by atoms with Gasteiger partial charge in [0.05, 0.1) is 30.3 Å². The van der Waals surface area contributed by atoms with Crippen LogP contribution in [0, 0.1) is 31.6 Å². The number of aryl methyl sites for hydroxylation is 1. The Balaban J connectivity index is 1.95. The summed E-state index contributed by atoms with van der Waals surface area (Å²) in [5.41, 5.74) is 10.2. The first-order chi connectivity index (χ1) is 14.8. The minimum Gasteiger partial charge on any atom is -0.495 e. The van der Waals surface area contributed by atoms with E-state index in [1.54, 1.807) is 7.11 Å². The van der Waals surface area contributed by atoms with E-state index >= 15 is 0 Å². The number of halogens is 1. The third-order valence-electron chi connectivity index (χ3n) is 5.00. The van der Waals surface area contributed by atoms with Crippen molar-refractivity contribution in [2.75, 3.05) is 25.9 Å². The fourth-order valence-corrected chi connectivity index (χ4v) is 3.74. The summed E-state index contributed by atoms with van der Waals surface area (Å²) in [5, 5.41) is 4.41. The molecule has 0 saturated carbocycles.